The Morgan fingerprint density at radius 3 is 2.53 bits per heavy atom. The summed E-state index contributed by atoms with van der Waals surface area (Å²) in [5.74, 6) is 0.249. The average Bonchev–Trinajstić information content (AvgIpc) is 2.73. The molecular formula is C23H21Cl2NO4. The maximum Gasteiger partial charge on any atom is 0.336 e. The van der Waals surface area contributed by atoms with Crippen molar-refractivity contribution in [2.75, 3.05) is 12.4 Å². The molecule has 156 valence electrons. The van der Waals surface area contributed by atoms with E-state index in [1.54, 1.807) is 38.3 Å². The number of rotatable bonds is 8. The zero-order valence-corrected chi connectivity index (χ0v) is 18.1. The van der Waals surface area contributed by atoms with Crippen LogP contribution in [0.2, 0.25) is 10.0 Å². The van der Waals surface area contributed by atoms with E-state index in [1.807, 2.05) is 30.3 Å². The number of halogens is 2. The molecule has 0 saturated carbocycles. The second kappa shape index (κ2) is 9.74. The van der Waals surface area contributed by atoms with Gasteiger partial charge in [-0.25, -0.2) is 4.79 Å². The predicted molar refractivity (Wildman–Crippen MR) is 119 cm³/mol. The number of ether oxygens (including phenoxy) is 2. The van der Waals surface area contributed by atoms with Crippen molar-refractivity contribution in [2.45, 2.75) is 20.1 Å². The molecule has 2 N–H and O–H groups in total. The molecule has 0 radical (unpaired) electrons. The van der Waals surface area contributed by atoms with Crippen molar-refractivity contribution in [3.8, 4) is 11.5 Å². The topological polar surface area (TPSA) is 67.8 Å². The highest BCUT2D eigenvalue weighted by Gasteiger charge is 2.14. The van der Waals surface area contributed by atoms with Crippen LogP contribution in [0.5, 0.6) is 11.5 Å². The van der Waals surface area contributed by atoms with Crippen molar-refractivity contribution >= 4 is 34.9 Å². The summed E-state index contributed by atoms with van der Waals surface area (Å²) in [6, 6.07) is 16.1. The number of hydrogen-bond acceptors (Lipinski definition) is 4. The number of carboxylic acid groups (broad SMARTS) is 1. The maximum atomic E-state index is 11.4. The lowest BCUT2D eigenvalue weighted by atomic mass is 10.1. The molecule has 0 spiro atoms. The van der Waals surface area contributed by atoms with Crippen molar-refractivity contribution in [3.63, 3.8) is 0 Å². The van der Waals surface area contributed by atoms with E-state index in [1.165, 1.54) is 0 Å². The largest absolute Gasteiger partial charge is 0.493 e. The Kier molecular flexibility index (Phi) is 7.08. The Morgan fingerprint density at radius 1 is 1.07 bits per heavy atom. The number of aromatic carboxylic acids is 1. The van der Waals surface area contributed by atoms with Gasteiger partial charge in [-0.3, -0.25) is 0 Å². The molecule has 0 bridgehead atoms. The third-order valence-corrected chi connectivity index (χ3v) is 5.42. The van der Waals surface area contributed by atoms with Gasteiger partial charge in [-0.1, -0.05) is 47.5 Å². The molecule has 30 heavy (non-hydrogen) atoms. The Balaban J connectivity index is 1.81. The molecular weight excluding hydrogens is 425 g/mol. The molecule has 0 fully saturated rings. The fourth-order valence-electron chi connectivity index (χ4n) is 3.06. The van der Waals surface area contributed by atoms with Crippen LogP contribution in [0.25, 0.3) is 0 Å². The highest BCUT2D eigenvalue weighted by atomic mass is 35.5. The van der Waals surface area contributed by atoms with Crippen LogP contribution in [0.15, 0.2) is 54.6 Å². The van der Waals surface area contributed by atoms with E-state index in [0.717, 1.165) is 16.8 Å². The summed E-state index contributed by atoms with van der Waals surface area (Å²) in [6.07, 6.45) is 0. The van der Waals surface area contributed by atoms with Gasteiger partial charge in [-0.15, -0.1) is 0 Å². The first kappa shape index (κ1) is 21.8. The van der Waals surface area contributed by atoms with Crippen molar-refractivity contribution < 1.29 is 19.4 Å². The minimum Gasteiger partial charge on any atom is -0.493 e. The molecule has 0 unspecified atom stereocenters. The first-order chi connectivity index (χ1) is 14.4. The highest BCUT2D eigenvalue weighted by Crippen LogP contribution is 2.33. The van der Waals surface area contributed by atoms with Crippen molar-refractivity contribution in [3.05, 3.63) is 86.9 Å². The molecule has 0 aliphatic heterocycles. The zero-order valence-electron chi connectivity index (χ0n) is 16.5. The van der Waals surface area contributed by atoms with Gasteiger partial charge in [-0.05, 0) is 48.4 Å². The third-order valence-electron chi connectivity index (χ3n) is 4.68. The molecule has 3 aromatic carbocycles. The molecule has 0 aliphatic rings. The van der Waals surface area contributed by atoms with Crippen LogP contribution >= 0.6 is 23.2 Å². The predicted octanol–water partition coefficient (Wildman–Crippen LogP) is 6.20. The molecule has 3 aromatic rings. The molecule has 0 aliphatic carbocycles. The Bertz CT molecular complexity index is 1070. The smallest absolute Gasteiger partial charge is 0.336 e. The van der Waals surface area contributed by atoms with Gasteiger partial charge in [0, 0.05) is 17.8 Å². The Hall–Kier alpha value is -2.89. The highest BCUT2D eigenvalue weighted by molar-refractivity contribution is 6.42. The quantitative estimate of drug-likeness (QED) is 0.431. The van der Waals surface area contributed by atoms with Crippen LogP contribution in [0.3, 0.4) is 0 Å². The summed E-state index contributed by atoms with van der Waals surface area (Å²) >= 11 is 12.1. The number of hydrogen-bond donors (Lipinski definition) is 2. The summed E-state index contributed by atoms with van der Waals surface area (Å²) in [5.41, 5.74) is 3.43. The molecule has 0 amide bonds. The van der Waals surface area contributed by atoms with Crippen molar-refractivity contribution in [1.29, 1.82) is 0 Å². The lowest BCUT2D eigenvalue weighted by Crippen LogP contribution is -2.08. The Labute approximate surface area is 185 Å². The van der Waals surface area contributed by atoms with Gasteiger partial charge in [0.25, 0.3) is 0 Å². The lowest BCUT2D eigenvalue weighted by molar-refractivity contribution is 0.0696. The fraction of sp³-hybridized carbons (Fsp3) is 0.174. The van der Waals surface area contributed by atoms with E-state index >= 15 is 0 Å². The van der Waals surface area contributed by atoms with E-state index in [-0.39, 0.29) is 12.2 Å². The summed E-state index contributed by atoms with van der Waals surface area (Å²) in [4.78, 5) is 11.4. The summed E-state index contributed by atoms with van der Waals surface area (Å²) in [6.45, 7) is 2.49. The van der Waals surface area contributed by atoms with Crippen molar-refractivity contribution in [1.82, 2.24) is 0 Å². The average molecular weight is 446 g/mol. The second-order valence-electron chi connectivity index (χ2n) is 6.62. The molecule has 7 heteroatoms. The monoisotopic (exact) mass is 445 g/mol. The van der Waals surface area contributed by atoms with E-state index in [0.29, 0.717) is 33.7 Å². The normalized spacial score (nSPS) is 10.5. The zero-order chi connectivity index (χ0) is 21.7. The van der Waals surface area contributed by atoms with Crippen LogP contribution in [0.1, 0.15) is 27.0 Å². The van der Waals surface area contributed by atoms with Crippen LogP contribution in [0.4, 0.5) is 5.69 Å². The van der Waals surface area contributed by atoms with Gasteiger partial charge in [0.15, 0.2) is 11.5 Å². The molecule has 0 saturated heterocycles. The van der Waals surface area contributed by atoms with Gasteiger partial charge >= 0.3 is 5.97 Å². The number of nitrogens with one attached hydrogen (secondary N) is 1. The van der Waals surface area contributed by atoms with Gasteiger partial charge in [0.05, 0.1) is 22.7 Å². The number of methoxy groups -OCH3 is 1. The van der Waals surface area contributed by atoms with Crippen LogP contribution in [-0.2, 0) is 13.2 Å². The maximum absolute atomic E-state index is 11.4. The minimum atomic E-state index is -0.955. The standard InChI is InChI=1S/C23H21Cl2NO4/c1-14-17(23(27)28)6-4-7-20(14)26-12-16-5-3-8-21(29-2)22(16)30-13-15-9-10-18(24)19(25)11-15/h3-11,26H,12-13H2,1-2H3,(H,27,28). The summed E-state index contributed by atoms with van der Waals surface area (Å²) in [5, 5.41) is 13.6. The first-order valence-electron chi connectivity index (χ1n) is 9.20. The second-order valence-corrected chi connectivity index (χ2v) is 7.44. The van der Waals surface area contributed by atoms with Gasteiger partial charge in [-0.2, -0.15) is 0 Å². The van der Waals surface area contributed by atoms with Gasteiger partial charge in [0.2, 0.25) is 0 Å². The van der Waals surface area contributed by atoms with Crippen LogP contribution in [-0.4, -0.2) is 18.2 Å². The van der Waals surface area contributed by atoms with E-state index < -0.39 is 5.97 Å². The number of para-hydroxylation sites is 1. The lowest BCUT2D eigenvalue weighted by Gasteiger charge is -2.17. The van der Waals surface area contributed by atoms with Crippen molar-refractivity contribution in [2.24, 2.45) is 0 Å². The molecule has 5 nitrogen and oxygen atoms in total. The van der Waals surface area contributed by atoms with Crippen LogP contribution in [0, 0.1) is 6.92 Å². The van der Waals surface area contributed by atoms with Gasteiger partial charge in [0.1, 0.15) is 6.61 Å². The van der Waals surface area contributed by atoms with Crippen LogP contribution < -0.4 is 14.8 Å². The molecule has 0 heterocycles. The molecule has 3 rings (SSSR count). The number of benzene rings is 3. The number of carbonyl (C=O) groups is 1. The molecule has 0 aromatic heterocycles. The molecule has 0 atom stereocenters. The summed E-state index contributed by atoms with van der Waals surface area (Å²) < 4.78 is 11.5. The number of carboxylic acids is 1. The third kappa shape index (κ3) is 4.99. The number of anilines is 1. The first-order valence-corrected chi connectivity index (χ1v) is 9.95. The minimum absolute atomic E-state index is 0.265. The summed E-state index contributed by atoms with van der Waals surface area (Å²) in [7, 11) is 1.58. The van der Waals surface area contributed by atoms with Gasteiger partial charge < -0.3 is 19.9 Å². The SMILES string of the molecule is COc1cccc(CNc2cccc(C(=O)O)c2C)c1OCc1ccc(Cl)c(Cl)c1. The van der Waals surface area contributed by atoms with E-state index in [2.05, 4.69) is 5.32 Å². The van der Waals surface area contributed by atoms with E-state index in [4.69, 9.17) is 32.7 Å². The Morgan fingerprint density at radius 2 is 1.83 bits per heavy atom. The fourth-order valence-corrected chi connectivity index (χ4v) is 3.38. The van der Waals surface area contributed by atoms with E-state index in [9.17, 15) is 9.90 Å².